The van der Waals surface area contributed by atoms with Gasteiger partial charge in [-0.15, -0.1) is 11.8 Å². The molecule has 0 saturated heterocycles. The van der Waals surface area contributed by atoms with Gasteiger partial charge in [-0.05, 0) is 24.3 Å². The van der Waals surface area contributed by atoms with Gasteiger partial charge in [-0.25, -0.2) is 0 Å². The number of nitrogens with zero attached hydrogens (tertiary/aromatic N) is 1. The van der Waals surface area contributed by atoms with E-state index >= 15 is 0 Å². The zero-order valence-electron chi connectivity index (χ0n) is 9.42. The summed E-state index contributed by atoms with van der Waals surface area (Å²) in [6, 6.07) is 8.96. The van der Waals surface area contributed by atoms with E-state index in [9.17, 15) is 0 Å². The average molecular weight is 251 g/mol. The Balaban J connectivity index is 1.90. The molecule has 0 unspecified atom stereocenters. The number of aromatic hydroxyl groups is 1. The second kappa shape index (κ2) is 5.75. The van der Waals surface area contributed by atoms with Gasteiger partial charge < -0.3 is 14.4 Å². The number of ether oxygens (including phenoxy) is 1. The summed E-state index contributed by atoms with van der Waals surface area (Å²) in [6.07, 6.45) is 0. The summed E-state index contributed by atoms with van der Waals surface area (Å²) in [5, 5.41) is 13.1. The van der Waals surface area contributed by atoms with E-state index in [4.69, 9.17) is 14.4 Å². The lowest BCUT2D eigenvalue weighted by atomic mass is 10.3. The molecule has 0 amide bonds. The third-order valence-corrected chi connectivity index (χ3v) is 3.16. The van der Waals surface area contributed by atoms with Gasteiger partial charge in [0.05, 0.1) is 5.69 Å². The van der Waals surface area contributed by atoms with Crippen LogP contribution >= 0.6 is 11.8 Å². The molecular formula is C12H13NO3S. The van der Waals surface area contributed by atoms with Crippen molar-refractivity contribution in [2.75, 3.05) is 7.11 Å². The van der Waals surface area contributed by atoms with E-state index in [2.05, 4.69) is 5.16 Å². The molecule has 0 spiro atoms. The number of benzene rings is 1. The van der Waals surface area contributed by atoms with Crippen LogP contribution in [-0.2, 0) is 17.1 Å². The highest BCUT2D eigenvalue weighted by Crippen LogP contribution is 2.24. The van der Waals surface area contributed by atoms with Gasteiger partial charge in [0.15, 0.2) is 5.76 Å². The molecule has 2 rings (SSSR count). The molecule has 17 heavy (non-hydrogen) atoms. The minimum absolute atomic E-state index is 0.276. The first-order valence-corrected chi connectivity index (χ1v) is 6.12. The first kappa shape index (κ1) is 12.0. The minimum atomic E-state index is 0.276. The second-order valence-corrected chi connectivity index (χ2v) is 4.55. The Morgan fingerprint density at radius 3 is 2.82 bits per heavy atom. The molecule has 0 radical (unpaired) electrons. The fourth-order valence-electron chi connectivity index (χ4n) is 1.33. The Morgan fingerprint density at radius 1 is 1.35 bits per heavy atom. The summed E-state index contributed by atoms with van der Waals surface area (Å²) >= 11 is 1.64. The third kappa shape index (κ3) is 3.51. The monoisotopic (exact) mass is 251 g/mol. The SMILES string of the molecule is COCc1cc(CSc2ccc(O)cc2)no1. The number of methoxy groups -OCH3 is 1. The van der Waals surface area contributed by atoms with Gasteiger partial charge in [0, 0.05) is 23.8 Å². The molecule has 1 heterocycles. The summed E-state index contributed by atoms with van der Waals surface area (Å²) in [5.41, 5.74) is 0.884. The maximum absolute atomic E-state index is 9.15. The number of hydrogen-bond donors (Lipinski definition) is 1. The zero-order valence-corrected chi connectivity index (χ0v) is 10.2. The van der Waals surface area contributed by atoms with Gasteiger partial charge in [-0.3, -0.25) is 0 Å². The summed E-state index contributed by atoms with van der Waals surface area (Å²) < 4.78 is 10.0. The molecule has 0 aliphatic carbocycles. The quantitative estimate of drug-likeness (QED) is 0.828. The van der Waals surface area contributed by atoms with E-state index in [0.29, 0.717) is 6.61 Å². The molecule has 0 saturated carbocycles. The molecule has 0 atom stereocenters. The van der Waals surface area contributed by atoms with Crippen LogP contribution in [0.4, 0.5) is 0 Å². The number of hydrogen-bond acceptors (Lipinski definition) is 5. The summed E-state index contributed by atoms with van der Waals surface area (Å²) in [5.74, 6) is 1.74. The van der Waals surface area contributed by atoms with Crippen LogP contribution < -0.4 is 0 Å². The lowest BCUT2D eigenvalue weighted by Gasteiger charge is -1.98. The number of thioether (sulfide) groups is 1. The Hall–Kier alpha value is -1.46. The van der Waals surface area contributed by atoms with Gasteiger partial charge in [0.25, 0.3) is 0 Å². The van der Waals surface area contributed by atoms with E-state index in [-0.39, 0.29) is 5.75 Å². The Bertz CT molecular complexity index is 467. The molecule has 2 aromatic rings. The van der Waals surface area contributed by atoms with Crippen LogP contribution in [0, 0.1) is 0 Å². The fraction of sp³-hybridized carbons (Fsp3) is 0.250. The normalized spacial score (nSPS) is 10.6. The number of aromatic nitrogens is 1. The topological polar surface area (TPSA) is 55.5 Å². The van der Waals surface area contributed by atoms with Gasteiger partial charge >= 0.3 is 0 Å². The molecule has 1 aromatic heterocycles. The van der Waals surface area contributed by atoms with Crippen LogP contribution in [0.1, 0.15) is 11.5 Å². The van der Waals surface area contributed by atoms with E-state index in [1.54, 1.807) is 31.0 Å². The molecular weight excluding hydrogens is 238 g/mol. The predicted molar refractivity (Wildman–Crippen MR) is 64.9 cm³/mol. The minimum Gasteiger partial charge on any atom is -0.508 e. The van der Waals surface area contributed by atoms with Gasteiger partial charge in [-0.1, -0.05) is 5.16 Å². The van der Waals surface area contributed by atoms with Crippen molar-refractivity contribution >= 4 is 11.8 Å². The van der Waals surface area contributed by atoms with Crippen LogP contribution in [-0.4, -0.2) is 17.4 Å². The van der Waals surface area contributed by atoms with Gasteiger partial charge in [0.1, 0.15) is 12.4 Å². The molecule has 0 aliphatic heterocycles. The standard InChI is InChI=1S/C12H13NO3S/c1-15-7-11-6-9(13-16-11)8-17-12-4-2-10(14)3-5-12/h2-6,14H,7-8H2,1H3. The van der Waals surface area contributed by atoms with E-state index in [0.717, 1.165) is 22.1 Å². The molecule has 5 heteroatoms. The van der Waals surface area contributed by atoms with Gasteiger partial charge in [-0.2, -0.15) is 0 Å². The highest BCUT2D eigenvalue weighted by atomic mass is 32.2. The number of rotatable bonds is 5. The molecule has 90 valence electrons. The largest absolute Gasteiger partial charge is 0.508 e. The van der Waals surface area contributed by atoms with E-state index in [1.807, 2.05) is 18.2 Å². The summed E-state index contributed by atoms with van der Waals surface area (Å²) in [7, 11) is 1.62. The first-order valence-electron chi connectivity index (χ1n) is 5.13. The van der Waals surface area contributed by atoms with Crippen LogP contribution in [0.15, 0.2) is 39.8 Å². The second-order valence-electron chi connectivity index (χ2n) is 3.50. The van der Waals surface area contributed by atoms with Crippen molar-refractivity contribution in [2.24, 2.45) is 0 Å². The number of phenols is 1. The molecule has 0 bridgehead atoms. The average Bonchev–Trinajstić information content (AvgIpc) is 2.77. The third-order valence-electron chi connectivity index (χ3n) is 2.12. The Labute approximate surface area is 104 Å². The maximum atomic E-state index is 9.15. The van der Waals surface area contributed by atoms with Crippen molar-refractivity contribution in [3.8, 4) is 5.75 Å². The molecule has 0 aliphatic rings. The van der Waals surface area contributed by atoms with Crippen LogP contribution in [0.5, 0.6) is 5.75 Å². The van der Waals surface area contributed by atoms with Crippen molar-refractivity contribution < 1.29 is 14.4 Å². The molecule has 0 fully saturated rings. The lowest BCUT2D eigenvalue weighted by Crippen LogP contribution is -1.82. The number of phenolic OH excluding ortho intramolecular Hbond substituents is 1. The summed E-state index contributed by atoms with van der Waals surface area (Å²) in [6.45, 7) is 0.441. The predicted octanol–water partition coefficient (Wildman–Crippen LogP) is 2.82. The molecule has 4 nitrogen and oxygen atoms in total. The van der Waals surface area contributed by atoms with Crippen molar-refractivity contribution in [1.29, 1.82) is 0 Å². The highest BCUT2D eigenvalue weighted by molar-refractivity contribution is 7.98. The van der Waals surface area contributed by atoms with E-state index < -0.39 is 0 Å². The molecule has 1 aromatic carbocycles. The van der Waals surface area contributed by atoms with Crippen LogP contribution in [0.3, 0.4) is 0 Å². The zero-order chi connectivity index (χ0) is 12.1. The van der Waals surface area contributed by atoms with Crippen molar-refractivity contribution in [3.63, 3.8) is 0 Å². The smallest absolute Gasteiger partial charge is 0.162 e. The van der Waals surface area contributed by atoms with Gasteiger partial charge in [0.2, 0.25) is 0 Å². The lowest BCUT2D eigenvalue weighted by molar-refractivity contribution is 0.156. The van der Waals surface area contributed by atoms with Crippen molar-refractivity contribution in [3.05, 3.63) is 41.8 Å². The Morgan fingerprint density at radius 2 is 2.12 bits per heavy atom. The highest BCUT2D eigenvalue weighted by Gasteiger charge is 2.04. The first-order chi connectivity index (χ1) is 8.28. The molecule has 1 N–H and O–H groups in total. The maximum Gasteiger partial charge on any atom is 0.162 e. The van der Waals surface area contributed by atoms with Crippen LogP contribution in [0.2, 0.25) is 0 Å². The summed E-state index contributed by atoms with van der Waals surface area (Å²) in [4.78, 5) is 1.08. The fourth-order valence-corrected chi connectivity index (χ4v) is 2.11. The Kier molecular flexibility index (Phi) is 4.06. The van der Waals surface area contributed by atoms with Crippen molar-refractivity contribution in [2.45, 2.75) is 17.3 Å². The van der Waals surface area contributed by atoms with Crippen LogP contribution in [0.25, 0.3) is 0 Å². The van der Waals surface area contributed by atoms with E-state index in [1.165, 1.54) is 0 Å². The van der Waals surface area contributed by atoms with Crippen molar-refractivity contribution in [1.82, 2.24) is 5.16 Å².